The molecule has 3 heterocycles. The zero-order valence-corrected chi connectivity index (χ0v) is 20.8. The fourth-order valence-electron chi connectivity index (χ4n) is 6.02. The molecule has 0 atom stereocenters. The first-order valence-corrected chi connectivity index (χ1v) is 13.2. The molecular weight excluding hydrogens is 460 g/mol. The summed E-state index contributed by atoms with van der Waals surface area (Å²) in [5.41, 5.74) is 2.76. The number of ether oxygens (including phenoxy) is 1. The number of aromatic nitrogens is 1. The maximum Gasteiger partial charge on any atom is 0.328 e. The number of fused-ring (bicyclic) bond motifs is 2. The lowest BCUT2D eigenvalue weighted by Crippen LogP contribution is -2.57. The first-order valence-electron chi connectivity index (χ1n) is 12.4. The highest BCUT2D eigenvalue weighted by Crippen LogP contribution is 2.40. The molecule has 8 heteroatoms. The summed E-state index contributed by atoms with van der Waals surface area (Å²) in [5.74, 6) is -0.0175. The van der Waals surface area contributed by atoms with E-state index >= 15 is 0 Å². The van der Waals surface area contributed by atoms with Gasteiger partial charge in [-0.2, -0.15) is 0 Å². The molecule has 35 heavy (non-hydrogen) atoms. The molecule has 0 unspecified atom stereocenters. The Labute approximate surface area is 209 Å². The molecule has 182 valence electrons. The van der Waals surface area contributed by atoms with Crippen LogP contribution in [0.15, 0.2) is 48.5 Å². The molecule has 1 aromatic heterocycles. The molecular formula is C27H30N4O3S. The molecule has 3 amide bonds. The number of piperidine rings is 1. The van der Waals surface area contributed by atoms with E-state index in [1.165, 1.54) is 15.8 Å². The second-order valence-electron chi connectivity index (χ2n) is 9.82. The van der Waals surface area contributed by atoms with Crippen LogP contribution in [-0.2, 0) is 28.9 Å². The second kappa shape index (κ2) is 9.00. The van der Waals surface area contributed by atoms with E-state index in [9.17, 15) is 9.59 Å². The van der Waals surface area contributed by atoms with Gasteiger partial charge in [0.1, 0.15) is 10.5 Å². The first-order chi connectivity index (χ1) is 17.1. The summed E-state index contributed by atoms with van der Waals surface area (Å²) in [5, 5.41) is 1.09. The van der Waals surface area contributed by atoms with E-state index < -0.39 is 5.54 Å². The highest BCUT2D eigenvalue weighted by molar-refractivity contribution is 7.18. The third kappa shape index (κ3) is 3.84. The molecule has 0 radical (unpaired) electrons. The van der Waals surface area contributed by atoms with Crippen molar-refractivity contribution >= 4 is 33.5 Å². The van der Waals surface area contributed by atoms with Gasteiger partial charge in [-0.25, -0.2) is 9.78 Å². The molecule has 0 saturated carbocycles. The number of likely N-dealkylation sites (tertiary alicyclic amines) is 1. The number of thiazole rings is 1. The monoisotopic (exact) mass is 490 g/mol. The Morgan fingerprint density at radius 3 is 2.40 bits per heavy atom. The van der Waals surface area contributed by atoms with E-state index in [1.807, 2.05) is 35.2 Å². The highest BCUT2D eigenvalue weighted by Gasteiger charge is 2.59. The van der Waals surface area contributed by atoms with Gasteiger partial charge in [0.05, 0.1) is 23.4 Å². The smallest absolute Gasteiger partial charge is 0.328 e. The lowest BCUT2D eigenvalue weighted by atomic mass is 9.85. The number of carbonyl (C=O) groups excluding carboxylic acids is 2. The lowest BCUT2D eigenvalue weighted by molar-refractivity contribution is -0.137. The van der Waals surface area contributed by atoms with Crippen molar-refractivity contribution in [2.24, 2.45) is 0 Å². The largest absolute Gasteiger partial charge is 0.383 e. The number of rotatable bonds is 6. The summed E-state index contributed by atoms with van der Waals surface area (Å²) in [6.45, 7) is 3.16. The van der Waals surface area contributed by atoms with Crippen molar-refractivity contribution in [3.05, 3.63) is 64.7 Å². The van der Waals surface area contributed by atoms with Gasteiger partial charge in [0.15, 0.2) is 0 Å². The number of methoxy groups -OCH3 is 1. The standard InChI is InChI=1S/C27H30N4O3S/c1-34-15-14-30-26(33)31(21-16-19-6-2-3-7-20(19)17-21)25(32)27(30)10-12-29(13-11-27)18-24-28-22-8-4-5-9-23(22)35-24/h2-9,21H,10-18H2,1H3. The third-order valence-corrected chi connectivity index (χ3v) is 8.89. The van der Waals surface area contributed by atoms with Crippen LogP contribution in [0, 0.1) is 0 Å². The number of imide groups is 1. The van der Waals surface area contributed by atoms with Crippen LogP contribution >= 0.6 is 11.3 Å². The van der Waals surface area contributed by atoms with Gasteiger partial charge < -0.3 is 9.64 Å². The van der Waals surface area contributed by atoms with Gasteiger partial charge in [0.2, 0.25) is 0 Å². The summed E-state index contributed by atoms with van der Waals surface area (Å²) < 4.78 is 6.52. The molecule has 3 aromatic rings. The van der Waals surface area contributed by atoms with Crippen molar-refractivity contribution in [1.82, 2.24) is 19.7 Å². The Morgan fingerprint density at radius 1 is 1.03 bits per heavy atom. The molecule has 2 aliphatic heterocycles. The van der Waals surface area contributed by atoms with E-state index in [0.29, 0.717) is 26.0 Å². The molecule has 1 spiro atoms. The van der Waals surface area contributed by atoms with Crippen LogP contribution in [0.3, 0.4) is 0 Å². The quantitative estimate of drug-likeness (QED) is 0.493. The third-order valence-electron chi connectivity index (χ3n) is 7.86. The van der Waals surface area contributed by atoms with E-state index in [-0.39, 0.29) is 18.0 Å². The molecule has 0 bridgehead atoms. The SMILES string of the molecule is COCCN1C(=O)N(C2Cc3ccccc3C2)C(=O)C12CCN(Cc1nc3ccccc3s1)CC2. The minimum Gasteiger partial charge on any atom is -0.383 e. The number of para-hydroxylation sites is 1. The van der Waals surface area contributed by atoms with Crippen molar-refractivity contribution in [3.63, 3.8) is 0 Å². The summed E-state index contributed by atoms with van der Waals surface area (Å²) in [6.07, 6.45) is 2.77. The van der Waals surface area contributed by atoms with Crippen LogP contribution < -0.4 is 0 Å². The van der Waals surface area contributed by atoms with Crippen molar-refractivity contribution in [1.29, 1.82) is 0 Å². The molecule has 2 fully saturated rings. The number of urea groups is 1. The topological polar surface area (TPSA) is 66.0 Å². The number of hydrogen-bond acceptors (Lipinski definition) is 6. The molecule has 6 rings (SSSR count). The van der Waals surface area contributed by atoms with Gasteiger partial charge in [0.25, 0.3) is 5.91 Å². The minimum atomic E-state index is -0.769. The average molecular weight is 491 g/mol. The minimum absolute atomic E-state index is 0.0175. The predicted molar refractivity (Wildman–Crippen MR) is 135 cm³/mol. The molecule has 0 N–H and O–H groups in total. The van der Waals surface area contributed by atoms with E-state index in [0.717, 1.165) is 43.0 Å². The van der Waals surface area contributed by atoms with E-state index in [2.05, 4.69) is 23.1 Å². The molecule has 1 aliphatic carbocycles. The lowest BCUT2D eigenvalue weighted by Gasteiger charge is -2.42. The van der Waals surface area contributed by atoms with Crippen LogP contribution in [-0.4, -0.2) is 76.6 Å². The van der Waals surface area contributed by atoms with Crippen molar-refractivity contribution in [2.75, 3.05) is 33.4 Å². The zero-order chi connectivity index (χ0) is 24.0. The predicted octanol–water partition coefficient (Wildman–Crippen LogP) is 3.71. The fraction of sp³-hybridized carbons (Fsp3) is 0.444. The molecule has 3 aliphatic rings. The maximum absolute atomic E-state index is 14.0. The Balaban J connectivity index is 1.20. The number of benzene rings is 2. The number of hydrogen-bond donors (Lipinski definition) is 0. The summed E-state index contributed by atoms with van der Waals surface area (Å²) in [4.78, 5) is 38.2. The number of amides is 3. The highest BCUT2D eigenvalue weighted by atomic mass is 32.1. The fourth-order valence-corrected chi connectivity index (χ4v) is 7.03. The zero-order valence-electron chi connectivity index (χ0n) is 20.0. The Kier molecular flexibility index (Phi) is 5.82. The number of carbonyl (C=O) groups is 2. The molecule has 2 aromatic carbocycles. The van der Waals surface area contributed by atoms with Gasteiger partial charge in [0, 0.05) is 32.8 Å². The summed E-state index contributed by atoms with van der Waals surface area (Å²) in [6, 6.07) is 16.2. The second-order valence-corrected chi connectivity index (χ2v) is 10.9. The number of nitrogens with zero attached hydrogens (tertiary/aromatic N) is 4. The Morgan fingerprint density at radius 2 is 1.71 bits per heavy atom. The van der Waals surface area contributed by atoms with Crippen molar-refractivity contribution in [2.45, 2.75) is 43.8 Å². The van der Waals surface area contributed by atoms with Crippen LogP contribution in [0.5, 0.6) is 0 Å². The average Bonchev–Trinajstić information content (AvgIpc) is 3.53. The van der Waals surface area contributed by atoms with Gasteiger partial charge in [-0.1, -0.05) is 36.4 Å². The maximum atomic E-state index is 14.0. The Hall–Kier alpha value is -2.81. The van der Waals surface area contributed by atoms with E-state index in [4.69, 9.17) is 9.72 Å². The molecule has 7 nitrogen and oxygen atoms in total. The van der Waals surface area contributed by atoms with Crippen molar-refractivity contribution < 1.29 is 14.3 Å². The van der Waals surface area contributed by atoms with Crippen LogP contribution in [0.25, 0.3) is 10.2 Å². The molecule has 2 saturated heterocycles. The van der Waals surface area contributed by atoms with Gasteiger partial charge in [-0.3, -0.25) is 14.6 Å². The Bertz CT molecular complexity index is 1210. The summed E-state index contributed by atoms with van der Waals surface area (Å²) in [7, 11) is 1.64. The van der Waals surface area contributed by atoms with Gasteiger partial charge in [-0.15, -0.1) is 11.3 Å². The van der Waals surface area contributed by atoms with Crippen molar-refractivity contribution in [3.8, 4) is 0 Å². The van der Waals surface area contributed by atoms with Crippen LogP contribution in [0.4, 0.5) is 4.79 Å². The van der Waals surface area contributed by atoms with Crippen LogP contribution in [0.1, 0.15) is 29.0 Å². The summed E-state index contributed by atoms with van der Waals surface area (Å²) >= 11 is 1.73. The van der Waals surface area contributed by atoms with Gasteiger partial charge in [-0.05, 0) is 48.9 Å². The van der Waals surface area contributed by atoms with E-state index in [1.54, 1.807) is 23.3 Å². The van der Waals surface area contributed by atoms with Crippen LogP contribution in [0.2, 0.25) is 0 Å². The first kappa shape index (κ1) is 22.6. The van der Waals surface area contributed by atoms with Gasteiger partial charge >= 0.3 is 6.03 Å². The normalized spacial score (nSPS) is 20.5.